The molecular weight excluding hydrogens is 527 g/mol. The highest BCUT2D eigenvalue weighted by molar-refractivity contribution is 7.99. The van der Waals surface area contributed by atoms with E-state index >= 15 is 0 Å². The summed E-state index contributed by atoms with van der Waals surface area (Å²) >= 11 is 1.99. The minimum atomic E-state index is -4.70. The molecule has 2 aliphatic rings. The summed E-state index contributed by atoms with van der Waals surface area (Å²) in [6.45, 7) is 3.89. The molecule has 2 N–H and O–H groups in total. The van der Waals surface area contributed by atoms with Crippen molar-refractivity contribution >= 4 is 22.9 Å². The van der Waals surface area contributed by atoms with Gasteiger partial charge in [-0.2, -0.15) is 24.9 Å². The fourth-order valence-electron chi connectivity index (χ4n) is 4.95. The molecule has 1 saturated heterocycles. The van der Waals surface area contributed by atoms with Crippen LogP contribution < -0.4 is 9.47 Å². The van der Waals surface area contributed by atoms with E-state index in [1.807, 2.05) is 11.8 Å². The van der Waals surface area contributed by atoms with Crippen molar-refractivity contribution in [3.8, 4) is 23.0 Å². The predicted octanol–water partition coefficient (Wildman–Crippen LogP) is 6.91. The first kappa shape index (κ1) is 27.3. The zero-order valence-electron chi connectivity index (χ0n) is 21.3. The first-order chi connectivity index (χ1) is 18.8. The molecule has 1 unspecified atom stereocenters. The summed E-state index contributed by atoms with van der Waals surface area (Å²) in [5, 5.41) is 19.7. The Kier molecular flexibility index (Phi) is 8.28. The van der Waals surface area contributed by atoms with Crippen LogP contribution in [0.4, 0.5) is 13.2 Å². The highest BCUT2D eigenvalue weighted by Gasteiger charge is 2.44. The summed E-state index contributed by atoms with van der Waals surface area (Å²) < 4.78 is 55.7. The van der Waals surface area contributed by atoms with Crippen molar-refractivity contribution in [1.82, 2.24) is 4.90 Å². The van der Waals surface area contributed by atoms with Crippen molar-refractivity contribution in [1.29, 1.82) is 0 Å². The number of phenols is 2. The van der Waals surface area contributed by atoms with E-state index in [4.69, 9.17) is 9.47 Å². The highest BCUT2D eigenvalue weighted by atomic mass is 32.2. The van der Waals surface area contributed by atoms with Gasteiger partial charge in [-0.05, 0) is 66.9 Å². The number of halogens is 3. The van der Waals surface area contributed by atoms with Crippen LogP contribution >= 0.6 is 11.8 Å². The Hall–Kier alpha value is -3.30. The van der Waals surface area contributed by atoms with Gasteiger partial charge in [-0.3, -0.25) is 0 Å². The Labute approximate surface area is 229 Å². The quantitative estimate of drug-likeness (QED) is 0.294. The smallest absolute Gasteiger partial charge is 0.417 e. The van der Waals surface area contributed by atoms with Gasteiger partial charge < -0.3 is 24.6 Å². The minimum absolute atomic E-state index is 0.0528. The Morgan fingerprint density at radius 2 is 1.59 bits per heavy atom. The van der Waals surface area contributed by atoms with Gasteiger partial charge in [0.1, 0.15) is 23.0 Å². The fraction of sp³-hybridized carbons (Fsp3) is 0.333. The number of alkyl halides is 3. The molecule has 5 rings (SSSR count). The van der Waals surface area contributed by atoms with Gasteiger partial charge in [0.2, 0.25) is 0 Å². The van der Waals surface area contributed by atoms with Crippen molar-refractivity contribution in [2.45, 2.75) is 25.1 Å². The zero-order valence-corrected chi connectivity index (χ0v) is 22.1. The lowest BCUT2D eigenvalue weighted by atomic mass is 9.85. The normalized spacial score (nSPS) is 18.0. The van der Waals surface area contributed by atoms with Crippen LogP contribution in [0.25, 0.3) is 11.1 Å². The van der Waals surface area contributed by atoms with E-state index in [1.54, 1.807) is 24.3 Å². The van der Waals surface area contributed by atoms with Gasteiger partial charge in [-0.15, -0.1) is 0 Å². The molecule has 0 amide bonds. The third-order valence-electron chi connectivity index (χ3n) is 6.90. The number of ether oxygens (including phenoxy) is 2. The van der Waals surface area contributed by atoms with Crippen LogP contribution in [0.1, 0.15) is 35.6 Å². The van der Waals surface area contributed by atoms with Crippen LogP contribution in [0.15, 0.2) is 66.7 Å². The molecule has 206 valence electrons. The van der Waals surface area contributed by atoms with Crippen LogP contribution in [0, 0.1) is 0 Å². The van der Waals surface area contributed by atoms with E-state index in [0.717, 1.165) is 32.5 Å². The summed E-state index contributed by atoms with van der Waals surface area (Å²) in [7, 11) is 0. The third kappa shape index (κ3) is 6.47. The molecule has 1 fully saturated rings. The van der Waals surface area contributed by atoms with E-state index in [0.29, 0.717) is 17.9 Å². The second-order valence-corrected chi connectivity index (χ2v) is 10.8. The largest absolute Gasteiger partial charge is 0.508 e. The second-order valence-electron chi connectivity index (χ2n) is 9.59. The molecule has 5 nitrogen and oxygen atoms in total. The lowest BCUT2D eigenvalue weighted by molar-refractivity contribution is -0.0695. The number of allylic oxidation sites excluding steroid dienone is 1. The van der Waals surface area contributed by atoms with E-state index < -0.39 is 17.9 Å². The molecule has 0 spiro atoms. The van der Waals surface area contributed by atoms with Gasteiger partial charge in [0, 0.05) is 41.8 Å². The van der Waals surface area contributed by atoms with Gasteiger partial charge >= 0.3 is 6.18 Å². The molecule has 2 aliphatic heterocycles. The Morgan fingerprint density at radius 1 is 0.897 bits per heavy atom. The molecule has 0 aliphatic carbocycles. The first-order valence-electron chi connectivity index (χ1n) is 12.9. The molecule has 9 heteroatoms. The molecule has 0 aromatic heterocycles. The average molecular weight is 558 g/mol. The van der Waals surface area contributed by atoms with Crippen molar-refractivity contribution < 1.29 is 32.9 Å². The number of phenolic OH excluding ortho intramolecular Hbond substituents is 2. The average Bonchev–Trinajstić information content (AvgIpc) is 2.92. The zero-order chi connectivity index (χ0) is 27.4. The number of rotatable bonds is 8. The highest BCUT2D eigenvalue weighted by Crippen LogP contribution is 2.53. The van der Waals surface area contributed by atoms with Crippen LogP contribution in [-0.4, -0.2) is 59.0 Å². The number of hydrogen-bond acceptors (Lipinski definition) is 6. The summed E-state index contributed by atoms with van der Waals surface area (Å²) in [6, 6.07) is 16.1. The minimum Gasteiger partial charge on any atom is -0.508 e. The lowest BCUT2D eigenvalue weighted by Gasteiger charge is -2.33. The van der Waals surface area contributed by atoms with Crippen LogP contribution in [-0.2, 0) is 0 Å². The predicted molar refractivity (Wildman–Crippen MR) is 147 cm³/mol. The van der Waals surface area contributed by atoms with Gasteiger partial charge in [-0.1, -0.05) is 24.3 Å². The van der Waals surface area contributed by atoms with E-state index in [1.165, 1.54) is 54.0 Å². The molecule has 0 saturated carbocycles. The Balaban J connectivity index is 1.38. The molecule has 0 bridgehead atoms. The van der Waals surface area contributed by atoms with Gasteiger partial charge in [0.25, 0.3) is 0 Å². The Bertz CT molecular complexity index is 1300. The molecular formula is C30H30F3NO4S. The van der Waals surface area contributed by atoms with Crippen LogP contribution in [0.5, 0.6) is 23.0 Å². The number of benzene rings is 3. The number of nitrogens with zero attached hydrogens (tertiary/aromatic N) is 1. The molecule has 1 atom stereocenters. The molecule has 2 heterocycles. The lowest BCUT2D eigenvalue weighted by Crippen LogP contribution is -2.33. The first-order valence-corrected chi connectivity index (χ1v) is 14.1. The summed E-state index contributed by atoms with van der Waals surface area (Å²) in [5.74, 6) is 2.71. The van der Waals surface area contributed by atoms with Crippen LogP contribution in [0.3, 0.4) is 0 Å². The number of thioether (sulfide) groups is 1. The maximum atomic E-state index is 14.6. The SMILES string of the molecule is Oc1ccc(C2=C(C(F)(F)F)c3ccc(O)cc3OC2c2ccc(OCCCCN3CCSCC3)cc2)cc1. The van der Waals surface area contributed by atoms with E-state index in [-0.39, 0.29) is 33.9 Å². The van der Waals surface area contributed by atoms with Crippen molar-refractivity contribution in [2.75, 3.05) is 37.7 Å². The van der Waals surface area contributed by atoms with Crippen molar-refractivity contribution in [3.63, 3.8) is 0 Å². The topological polar surface area (TPSA) is 62.2 Å². The van der Waals surface area contributed by atoms with Gasteiger partial charge in [0.15, 0.2) is 6.10 Å². The summed E-state index contributed by atoms with van der Waals surface area (Å²) in [5.41, 5.74) is -0.277. The summed E-state index contributed by atoms with van der Waals surface area (Å²) in [4.78, 5) is 2.47. The van der Waals surface area contributed by atoms with Crippen molar-refractivity contribution in [3.05, 3.63) is 83.4 Å². The van der Waals surface area contributed by atoms with E-state index in [9.17, 15) is 23.4 Å². The standard InChI is InChI=1S/C30H30F3NO4S/c31-30(32,33)28-25-12-9-23(36)19-26(25)38-29(27(28)20-3-7-22(35)8-4-20)21-5-10-24(11-6-21)37-16-2-1-13-34-14-17-39-18-15-34/h3-12,19,29,35-36H,1-2,13-18H2. The monoisotopic (exact) mass is 557 g/mol. The maximum Gasteiger partial charge on any atom is 0.417 e. The van der Waals surface area contributed by atoms with Crippen molar-refractivity contribution in [2.24, 2.45) is 0 Å². The molecule has 3 aromatic rings. The van der Waals surface area contributed by atoms with Gasteiger partial charge in [-0.25, -0.2) is 0 Å². The fourth-order valence-corrected chi connectivity index (χ4v) is 5.92. The molecule has 39 heavy (non-hydrogen) atoms. The number of hydrogen-bond donors (Lipinski definition) is 2. The maximum absolute atomic E-state index is 14.6. The number of unbranched alkanes of at least 4 members (excludes halogenated alkanes) is 1. The van der Waals surface area contributed by atoms with Gasteiger partial charge in [0.05, 0.1) is 12.2 Å². The second kappa shape index (κ2) is 11.8. The number of aromatic hydroxyl groups is 2. The summed E-state index contributed by atoms with van der Waals surface area (Å²) in [6.07, 6.45) is -3.83. The molecule has 0 radical (unpaired) electrons. The van der Waals surface area contributed by atoms with E-state index in [2.05, 4.69) is 4.90 Å². The Morgan fingerprint density at radius 3 is 2.28 bits per heavy atom. The van der Waals surface area contributed by atoms with Crippen LogP contribution in [0.2, 0.25) is 0 Å². The third-order valence-corrected chi connectivity index (χ3v) is 7.84. The number of fused-ring (bicyclic) bond motifs is 1. The molecule has 3 aromatic carbocycles.